The van der Waals surface area contributed by atoms with E-state index in [-0.39, 0.29) is 0 Å². The molecule has 0 aliphatic heterocycles. The molecule has 0 heterocycles. The Bertz CT molecular complexity index is 557. The van der Waals surface area contributed by atoms with Gasteiger partial charge in [-0.15, -0.1) is 0 Å². The van der Waals surface area contributed by atoms with Crippen LogP contribution in [0, 0.1) is 13.8 Å². The molecule has 0 saturated heterocycles. The molecule has 0 saturated carbocycles. The largest absolute Gasteiger partial charge is 0.384 e. The minimum atomic E-state index is -0.643. The molecule has 0 fully saturated rings. The highest BCUT2D eigenvalue weighted by atomic mass is 79.9. The Balaban J connectivity index is 2.47. The Hall–Kier alpha value is -0.830. The van der Waals surface area contributed by atoms with Crippen LogP contribution in [0.1, 0.15) is 28.4 Å². The third kappa shape index (κ3) is 2.61. The molecule has 0 unspecified atom stereocenters. The van der Waals surface area contributed by atoms with Crippen LogP contribution >= 0.6 is 27.5 Å². The number of hydrogen-bond acceptors (Lipinski definition) is 1. The highest BCUT2D eigenvalue weighted by Crippen LogP contribution is 2.31. The lowest BCUT2D eigenvalue weighted by Gasteiger charge is -2.15. The zero-order valence-corrected chi connectivity index (χ0v) is 12.6. The van der Waals surface area contributed by atoms with Crippen molar-refractivity contribution in [3.05, 3.63) is 68.1 Å². The van der Waals surface area contributed by atoms with Crippen LogP contribution in [0.15, 0.2) is 40.9 Å². The summed E-state index contributed by atoms with van der Waals surface area (Å²) in [6, 6.07) is 11.5. The average Bonchev–Trinajstić information content (AvgIpc) is 2.35. The molecule has 0 amide bonds. The van der Waals surface area contributed by atoms with Gasteiger partial charge in [0.2, 0.25) is 0 Å². The van der Waals surface area contributed by atoms with Crippen molar-refractivity contribution in [1.82, 2.24) is 0 Å². The van der Waals surface area contributed by atoms with E-state index < -0.39 is 6.10 Å². The van der Waals surface area contributed by atoms with Gasteiger partial charge in [-0.3, -0.25) is 0 Å². The van der Waals surface area contributed by atoms with E-state index in [1.807, 2.05) is 50.2 Å². The molecular weight excluding hydrogens is 312 g/mol. The summed E-state index contributed by atoms with van der Waals surface area (Å²) >= 11 is 9.60. The summed E-state index contributed by atoms with van der Waals surface area (Å²) in [5.74, 6) is 0. The number of hydrogen-bond donors (Lipinski definition) is 1. The van der Waals surface area contributed by atoms with Gasteiger partial charge >= 0.3 is 0 Å². The van der Waals surface area contributed by atoms with E-state index in [1.54, 1.807) is 0 Å². The lowest BCUT2D eigenvalue weighted by molar-refractivity contribution is 0.219. The molecule has 0 bridgehead atoms. The van der Waals surface area contributed by atoms with Crippen molar-refractivity contribution in [2.45, 2.75) is 20.0 Å². The van der Waals surface area contributed by atoms with Gasteiger partial charge in [-0.2, -0.15) is 0 Å². The maximum Gasteiger partial charge on any atom is 0.105 e. The Kier molecular flexibility index (Phi) is 4.10. The quantitative estimate of drug-likeness (QED) is 0.841. The van der Waals surface area contributed by atoms with Gasteiger partial charge in [0, 0.05) is 9.50 Å². The standard InChI is InChI=1S/C15H14BrClO/c1-9-7-11(8-10(2)14(9)17)15(18)12-5-3-4-6-13(12)16/h3-8,15,18H,1-2H3/t15-/m0/s1. The minimum absolute atomic E-state index is 0.643. The van der Waals surface area contributed by atoms with E-state index in [9.17, 15) is 5.11 Å². The van der Waals surface area contributed by atoms with Crippen molar-refractivity contribution in [3.63, 3.8) is 0 Å². The molecule has 1 N–H and O–H groups in total. The van der Waals surface area contributed by atoms with Crippen LogP contribution in [0.4, 0.5) is 0 Å². The summed E-state index contributed by atoms with van der Waals surface area (Å²) in [6.45, 7) is 3.90. The zero-order valence-electron chi connectivity index (χ0n) is 10.2. The highest BCUT2D eigenvalue weighted by molar-refractivity contribution is 9.10. The molecule has 18 heavy (non-hydrogen) atoms. The molecule has 0 aliphatic carbocycles. The molecule has 0 spiro atoms. The molecule has 1 nitrogen and oxygen atoms in total. The first kappa shape index (κ1) is 13.6. The van der Waals surface area contributed by atoms with Crippen LogP contribution in [-0.2, 0) is 0 Å². The van der Waals surface area contributed by atoms with E-state index in [0.29, 0.717) is 0 Å². The molecule has 0 aromatic heterocycles. The maximum atomic E-state index is 10.4. The topological polar surface area (TPSA) is 20.2 Å². The van der Waals surface area contributed by atoms with Crippen molar-refractivity contribution in [1.29, 1.82) is 0 Å². The molecule has 2 rings (SSSR count). The number of aliphatic hydroxyl groups is 1. The first-order valence-corrected chi connectivity index (χ1v) is 6.87. The molecule has 0 aliphatic rings. The molecule has 94 valence electrons. The van der Waals surface area contributed by atoms with Gasteiger partial charge in [0.15, 0.2) is 0 Å². The summed E-state index contributed by atoms with van der Waals surface area (Å²) < 4.78 is 0.905. The number of benzene rings is 2. The fourth-order valence-corrected chi connectivity index (χ4v) is 2.62. The Morgan fingerprint density at radius 2 is 1.67 bits per heavy atom. The normalized spacial score (nSPS) is 12.5. The van der Waals surface area contributed by atoms with Gasteiger partial charge in [0.1, 0.15) is 6.10 Å². The lowest BCUT2D eigenvalue weighted by Crippen LogP contribution is -2.02. The SMILES string of the molecule is Cc1cc([C@H](O)c2ccccc2Br)cc(C)c1Cl. The van der Waals surface area contributed by atoms with E-state index in [1.165, 1.54) is 0 Å². The number of aliphatic hydroxyl groups excluding tert-OH is 1. The van der Waals surface area contributed by atoms with Crippen LogP contribution < -0.4 is 0 Å². The summed E-state index contributed by atoms with van der Waals surface area (Å²) in [5.41, 5.74) is 3.69. The fraction of sp³-hybridized carbons (Fsp3) is 0.200. The third-order valence-electron chi connectivity index (χ3n) is 2.97. The predicted molar refractivity (Wildman–Crippen MR) is 79.1 cm³/mol. The van der Waals surface area contributed by atoms with Crippen LogP contribution in [0.25, 0.3) is 0 Å². The second-order valence-corrected chi connectivity index (χ2v) is 5.63. The van der Waals surface area contributed by atoms with Crippen LogP contribution in [0.2, 0.25) is 5.02 Å². The predicted octanol–water partition coefficient (Wildman–Crippen LogP) is 4.80. The first-order chi connectivity index (χ1) is 8.50. The van der Waals surface area contributed by atoms with Crippen molar-refractivity contribution in [2.75, 3.05) is 0 Å². The summed E-state index contributed by atoms with van der Waals surface area (Å²) in [5, 5.41) is 11.2. The van der Waals surface area contributed by atoms with E-state index >= 15 is 0 Å². The average molecular weight is 326 g/mol. The van der Waals surface area contributed by atoms with Gasteiger partial charge in [0.05, 0.1) is 0 Å². The Morgan fingerprint density at radius 1 is 1.11 bits per heavy atom. The Labute approximate surface area is 121 Å². The first-order valence-electron chi connectivity index (χ1n) is 5.70. The second-order valence-electron chi connectivity index (χ2n) is 4.39. The van der Waals surface area contributed by atoms with Gasteiger partial charge in [-0.1, -0.05) is 57.9 Å². The molecule has 2 aromatic rings. The van der Waals surface area contributed by atoms with Crippen molar-refractivity contribution in [3.8, 4) is 0 Å². The Morgan fingerprint density at radius 3 is 2.22 bits per heavy atom. The third-order valence-corrected chi connectivity index (χ3v) is 4.29. The minimum Gasteiger partial charge on any atom is -0.384 e. The second kappa shape index (κ2) is 5.43. The molecule has 2 aromatic carbocycles. The van der Waals surface area contributed by atoms with Crippen molar-refractivity contribution in [2.24, 2.45) is 0 Å². The summed E-state index contributed by atoms with van der Waals surface area (Å²) in [7, 11) is 0. The number of rotatable bonds is 2. The van der Waals surface area contributed by atoms with Crippen LogP contribution in [-0.4, -0.2) is 5.11 Å². The fourth-order valence-electron chi connectivity index (χ4n) is 2.01. The van der Waals surface area contributed by atoms with E-state index in [4.69, 9.17) is 11.6 Å². The van der Waals surface area contributed by atoms with Gasteiger partial charge < -0.3 is 5.11 Å². The highest BCUT2D eigenvalue weighted by Gasteiger charge is 2.15. The van der Waals surface area contributed by atoms with Gasteiger partial charge in [-0.05, 0) is 42.2 Å². The van der Waals surface area contributed by atoms with E-state index in [2.05, 4.69) is 15.9 Å². The zero-order chi connectivity index (χ0) is 13.3. The summed E-state index contributed by atoms with van der Waals surface area (Å²) in [4.78, 5) is 0. The maximum absolute atomic E-state index is 10.4. The molecular formula is C15H14BrClO. The van der Waals surface area contributed by atoms with Crippen LogP contribution in [0.5, 0.6) is 0 Å². The molecule has 0 radical (unpaired) electrons. The smallest absolute Gasteiger partial charge is 0.105 e. The monoisotopic (exact) mass is 324 g/mol. The van der Waals surface area contributed by atoms with Gasteiger partial charge in [-0.25, -0.2) is 0 Å². The van der Waals surface area contributed by atoms with Gasteiger partial charge in [0.25, 0.3) is 0 Å². The van der Waals surface area contributed by atoms with Crippen molar-refractivity contribution < 1.29 is 5.11 Å². The number of aryl methyl sites for hydroxylation is 2. The summed E-state index contributed by atoms with van der Waals surface area (Å²) in [6.07, 6.45) is -0.643. The molecule has 1 atom stereocenters. The van der Waals surface area contributed by atoms with Crippen molar-refractivity contribution >= 4 is 27.5 Å². The van der Waals surface area contributed by atoms with E-state index in [0.717, 1.165) is 31.7 Å². The lowest BCUT2D eigenvalue weighted by atomic mass is 9.98. The number of halogens is 2. The van der Waals surface area contributed by atoms with Crippen LogP contribution in [0.3, 0.4) is 0 Å². The molecule has 3 heteroatoms.